The van der Waals surface area contributed by atoms with Gasteiger partial charge in [-0.3, -0.25) is 4.79 Å². The SMILES string of the molecule is O=C(Cc1nc2ccc(O)cc2[nH]1)C(F)(F)F. The van der Waals surface area contributed by atoms with E-state index in [1.54, 1.807) is 0 Å². The van der Waals surface area contributed by atoms with Gasteiger partial charge in [0, 0.05) is 6.07 Å². The van der Waals surface area contributed by atoms with Crippen LogP contribution in [0.2, 0.25) is 0 Å². The van der Waals surface area contributed by atoms with Gasteiger partial charge in [-0.25, -0.2) is 4.98 Å². The summed E-state index contributed by atoms with van der Waals surface area (Å²) in [4.78, 5) is 17.1. The third-order valence-corrected chi connectivity index (χ3v) is 2.16. The van der Waals surface area contributed by atoms with Crippen LogP contribution in [0, 0.1) is 0 Å². The standard InChI is InChI=1S/C10H7F3N2O2/c11-10(12,13)8(17)4-9-14-6-2-1-5(16)3-7(6)15-9/h1-3,16H,4H2,(H,14,15). The fourth-order valence-corrected chi connectivity index (χ4v) is 1.39. The fraction of sp³-hybridized carbons (Fsp3) is 0.200. The van der Waals surface area contributed by atoms with Crippen LogP contribution in [0.25, 0.3) is 11.0 Å². The van der Waals surface area contributed by atoms with Crippen LogP contribution in [0.5, 0.6) is 5.75 Å². The molecule has 1 aromatic heterocycles. The molecule has 0 aliphatic heterocycles. The topological polar surface area (TPSA) is 66.0 Å². The number of phenols is 1. The molecule has 0 saturated heterocycles. The van der Waals surface area contributed by atoms with Crippen molar-refractivity contribution in [3.8, 4) is 5.75 Å². The number of nitrogens with zero attached hydrogens (tertiary/aromatic N) is 1. The van der Waals surface area contributed by atoms with Gasteiger partial charge >= 0.3 is 6.18 Å². The summed E-state index contributed by atoms with van der Waals surface area (Å²) in [5.74, 6) is -1.97. The number of hydrogen-bond acceptors (Lipinski definition) is 3. The Morgan fingerprint density at radius 2 is 2.12 bits per heavy atom. The van der Waals surface area contributed by atoms with Crippen molar-refractivity contribution in [3.63, 3.8) is 0 Å². The van der Waals surface area contributed by atoms with E-state index in [1.165, 1.54) is 18.2 Å². The first-order chi connectivity index (χ1) is 7.86. The molecule has 2 rings (SSSR count). The van der Waals surface area contributed by atoms with Crippen LogP contribution in [0.3, 0.4) is 0 Å². The van der Waals surface area contributed by atoms with Gasteiger partial charge in [0.2, 0.25) is 5.78 Å². The van der Waals surface area contributed by atoms with E-state index in [0.29, 0.717) is 11.0 Å². The molecular weight excluding hydrogens is 237 g/mol. The van der Waals surface area contributed by atoms with Crippen LogP contribution < -0.4 is 0 Å². The molecule has 0 radical (unpaired) electrons. The van der Waals surface area contributed by atoms with Gasteiger partial charge in [0.15, 0.2) is 0 Å². The number of Topliss-reactive ketones (excluding diaryl/α,β-unsaturated/α-hetero) is 1. The molecule has 90 valence electrons. The molecule has 0 atom stereocenters. The Kier molecular flexibility index (Phi) is 2.53. The summed E-state index contributed by atoms with van der Waals surface area (Å²) in [6.45, 7) is 0. The first-order valence-corrected chi connectivity index (χ1v) is 4.64. The summed E-state index contributed by atoms with van der Waals surface area (Å²) in [5, 5.41) is 9.16. The quantitative estimate of drug-likeness (QED) is 0.848. The number of carbonyl (C=O) groups is 1. The Morgan fingerprint density at radius 3 is 2.76 bits per heavy atom. The lowest BCUT2D eigenvalue weighted by Crippen LogP contribution is -2.24. The molecule has 0 aliphatic carbocycles. The number of nitrogens with one attached hydrogen (secondary N) is 1. The highest BCUT2D eigenvalue weighted by Gasteiger charge is 2.38. The number of alkyl halides is 3. The predicted octanol–water partition coefficient (Wildman–Crippen LogP) is 1.94. The van der Waals surface area contributed by atoms with E-state index < -0.39 is 18.4 Å². The van der Waals surface area contributed by atoms with E-state index in [9.17, 15) is 18.0 Å². The Balaban J connectivity index is 2.29. The van der Waals surface area contributed by atoms with Crippen molar-refractivity contribution in [2.45, 2.75) is 12.6 Å². The highest BCUT2D eigenvalue weighted by Crippen LogP contribution is 2.21. The summed E-state index contributed by atoms with van der Waals surface area (Å²) in [6, 6.07) is 4.13. The molecule has 2 aromatic rings. The molecule has 4 nitrogen and oxygen atoms in total. The zero-order valence-corrected chi connectivity index (χ0v) is 8.38. The van der Waals surface area contributed by atoms with Gasteiger partial charge in [0.1, 0.15) is 11.6 Å². The minimum absolute atomic E-state index is 0.0325. The highest BCUT2D eigenvalue weighted by molar-refractivity contribution is 5.86. The average molecular weight is 244 g/mol. The summed E-state index contributed by atoms with van der Waals surface area (Å²) >= 11 is 0. The van der Waals surface area contributed by atoms with Crippen molar-refractivity contribution < 1.29 is 23.1 Å². The molecule has 0 spiro atoms. The molecule has 17 heavy (non-hydrogen) atoms. The molecule has 1 aromatic carbocycles. The summed E-state index contributed by atoms with van der Waals surface area (Å²) in [7, 11) is 0. The van der Waals surface area contributed by atoms with Crippen LogP contribution in [-0.4, -0.2) is 27.0 Å². The minimum Gasteiger partial charge on any atom is -0.508 e. The van der Waals surface area contributed by atoms with Crippen molar-refractivity contribution >= 4 is 16.8 Å². The molecule has 1 heterocycles. The van der Waals surface area contributed by atoms with E-state index in [4.69, 9.17) is 5.11 Å². The van der Waals surface area contributed by atoms with E-state index in [0.717, 1.165) is 0 Å². The maximum absolute atomic E-state index is 12.0. The zero-order chi connectivity index (χ0) is 12.6. The first kappa shape index (κ1) is 11.4. The molecule has 0 fully saturated rings. The summed E-state index contributed by atoms with van der Waals surface area (Å²) in [6.07, 6.45) is -5.69. The number of benzene rings is 1. The van der Waals surface area contributed by atoms with Gasteiger partial charge < -0.3 is 10.1 Å². The van der Waals surface area contributed by atoms with E-state index in [2.05, 4.69) is 9.97 Å². The molecule has 0 aliphatic rings. The Hall–Kier alpha value is -2.05. The molecule has 0 amide bonds. The maximum Gasteiger partial charge on any atom is 0.450 e. The van der Waals surface area contributed by atoms with Gasteiger partial charge in [-0.15, -0.1) is 0 Å². The lowest BCUT2D eigenvalue weighted by Gasteiger charge is -2.01. The smallest absolute Gasteiger partial charge is 0.450 e. The van der Waals surface area contributed by atoms with Crippen LogP contribution in [0.15, 0.2) is 18.2 Å². The number of phenolic OH excluding ortho intramolecular Hbond substituents is 1. The van der Waals surface area contributed by atoms with Crippen molar-refractivity contribution in [2.24, 2.45) is 0 Å². The third kappa shape index (κ3) is 2.38. The Bertz CT molecular complexity index is 574. The monoisotopic (exact) mass is 244 g/mol. The second-order valence-corrected chi connectivity index (χ2v) is 3.48. The van der Waals surface area contributed by atoms with Crippen molar-refractivity contribution in [1.82, 2.24) is 9.97 Å². The predicted molar refractivity (Wildman–Crippen MR) is 52.5 cm³/mol. The van der Waals surface area contributed by atoms with Crippen molar-refractivity contribution in [3.05, 3.63) is 24.0 Å². The molecular formula is C10H7F3N2O2. The Labute approximate surface area is 93.1 Å². The molecule has 2 N–H and O–H groups in total. The van der Waals surface area contributed by atoms with Crippen molar-refractivity contribution in [2.75, 3.05) is 0 Å². The number of rotatable bonds is 2. The number of H-pyrrole nitrogens is 1. The number of ketones is 1. The number of fused-ring (bicyclic) bond motifs is 1. The van der Waals surface area contributed by atoms with Gasteiger partial charge in [-0.05, 0) is 12.1 Å². The van der Waals surface area contributed by atoms with Crippen LogP contribution in [-0.2, 0) is 11.2 Å². The molecule has 0 unspecified atom stereocenters. The average Bonchev–Trinajstić information content (AvgIpc) is 2.57. The van der Waals surface area contributed by atoms with Gasteiger partial charge in [-0.1, -0.05) is 0 Å². The van der Waals surface area contributed by atoms with Crippen LogP contribution in [0.4, 0.5) is 13.2 Å². The maximum atomic E-state index is 12.0. The van der Waals surface area contributed by atoms with E-state index >= 15 is 0 Å². The van der Waals surface area contributed by atoms with Crippen LogP contribution in [0.1, 0.15) is 5.82 Å². The summed E-state index contributed by atoms with van der Waals surface area (Å²) < 4.78 is 36.1. The fourth-order valence-electron chi connectivity index (χ4n) is 1.39. The Morgan fingerprint density at radius 1 is 1.41 bits per heavy atom. The van der Waals surface area contributed by atoms with Gasteiger partial charge in [-0.2, -0.15) is 13.2 Å². The highest BCUT2D eigenvalue weighted by atomic mass is 19.4. The number of carbonyl (C=O) groups excluding carboxylic acids is 1. The number of aromatic hydroxyl groups is 1. The zero-order valence-electron chi connectivity index (χ0n) is 8.38. The number of halogens is 3. The second kappa shape index (κ2) is 3.76. The van der Waals surface area contributed by atoms with E-state index in [-0.39, 0.29) is 11.6 Å². The number of imidazole rings is 1. The molecule has 0 saturated carbocycles. The summed E-state index contributed by atoms with van der Waals surface area (Å²) in [5.41, 5.74) is 0.780. The third-order valence-electron chi connectivity index (χ3n) is 2.16. The van der Waals surface area contributed by atoms with Gasteiger partial charge in [0.05, 0.1) is 17.5 Å². The number of hydrogen-bond donors (Lipinski definition) is 2. The first-order valence-electron chi connectivity index (χ1n) is 4.64. The normalized spacial score (nSPS) is 11.9. The molecule has 0 bridgehead atoms. The lowest BCUT2D eigenvalue weighted by atomic mass is 10.3. The number of aromatic nitrogens is 2. The minimum atomic E-state index is -4.86. The lowest BCUT2D eigenvalue weighted by molar-refractivity contribution is -0.170. The molecule has 7 heteroatoms. The van der Waals surface area contributed by atoms with E-state index in [1.807, 2.05) is 0 Å². The van der Waals surface area contributed by atoms with Crippen molar-refractivity contribution in [1.29, 1.82) is 0 Å². The second-order valence-electron chi connectivity index (χ2n) is 3.48. The number of aromatic amines is 1. The van der Waals surface area contributed by atoms with Gasteiger partial charge in [0.25, 0.3) is 0 Å². The largest absolute Gasteiger partial charge is 0.508 e. The van der Waals surface area contributed by atoms with Crippen LogP contribution >= 0.6 is 0 Å².